The van der Waals surface area contributed by atoms with E-state index in [9.17, 15) is 9.18 Å². The molecule has 0 fully saturated rings. The predicted octanol–water partition coefficient (Wildman–Crippen LogP) is 4.11. The number of benzene rings is 2. The molecule has 0 heterocycles. The molecule has 2 rings (SSSR count). The van der Waals surface area contributed by atoms with Crippen LogP contribution in [-0.4, -0.2) is 13.1 Å². The number of halogens is 2. The molecule has 104 valence electrons. The first-order valence-electron chi connectivity index (χ1n) is 5.62. The van der Waals surface area contributed by atoms with Crippen LogP contribution in [0.25, 0.3) is 0 Å². The first kappa shape index (κ1) is 14.9. The van der Waals surface area contributed by atoms with E-state index in [1.807, 2.05) is 24.3 Å². The van der Waals surface area contributed by atoms with E-state index >= 15 is 0 Å². The summed E-state index contributed by atoms with van der Waals surface area (Å²) in [7, 11) is 1.26. The largest absolute Gasteiger partial charge is 0.465 e. The van der Waals surface area contributed by atoms with Gasteiger partial charge >= 0.3 is 5.97 Å². The van der Waals surface area contributed by atoms with Crippen LogP contribution in [0.2, 0.25) is 0 Å². The molecule has 0 aliphatic rings. The smallest absolute Gasteiger partial charge is 0.339 e. The monoisotopic (exact) mass is 355 g/mol. The van der Waals surface area contributed by atoms with Crippen LogP contribution in [0.5, 0.6) is 0 Å². The van der Waals surface area contributed by atoms with Crippen molar-refractivity contribution in [3.63, 3.8) is 0 Å². The zero-order chi connectivity index (χ0) is 14.7. The van der Waals surface area contributed by atoms with Gasteiger partial charge in [0.25, 0.3) is 0 Å². The zero-order valence-electron chi connectivity index (χ0n) is 10.5. The Morgan fingerprint density at radius 3 is 2.75 bits per heavy atom. The number of ether oxygens (including phenoxy) is 1. The Morgan fingerprint density at radius 2 is 2.10 bits per heavy atom. The third kappa shape index (κ3) is 3.32. The summed E-state index contributed by atoms with van der Waals surface area (Å²) in [6, 6.07) is 9.97. The maximum absolute atomic E-state index is 13.9. The summed E-state index contributed by atoms with van der Waals surface area (Å²) in [5, 5.41) is 0. The summed E-state index contributed by atoms with van der Waals surface area (Å²) in [4.78, 5) is 12.7. The van der Waals surface area contributed by atoms with Crippen molar-refractivity contribution in [3.05, 3.63) is 52.3 Å². The lowest BCUT2D eigenvalue weighted by Gasteiger charge is -2.08. The van der Waals surface area contributed by atoms with Crippen molar-refractivity contribution in [1.29, 1.82) is 0 Å². The molecule has 20 heavy (non-hydrogen) atoms. The Kier molecular flexibility index (Phi) is 4.67. The molecule has 0 aliphatic carbocycles. The molecule has 0 aromatic heterocycles. The second kappa shape index (κ2) is 6.28. The number of methoxy groups -OCH3 is 1. The van der Waals surface area contributed by atoms with Crippen molar-refractivity contribution >= 4 is 39.3 Å². The molecule has 0 atom stereocenters. The van der Waals surface area contributed by atoms with E-state index in [0.717, 1.165) is 15.4 Å². The van der Waals surface area contributed by atoms with Gasteiger partial charge in [-0.25, -0.2) is 9.18 Å². The Labute approximate surface area is 128 Å². The molecule has 0 unspecified atom stereocenters. The second-order valence-electron chi connectivity index (χ2n) is 3.92. The number of carbonyl (C=O) groups is 1. The summed E-state index contributed by atoms with van der Waals surface area (Å²) in [5.41, 5.74) is 5.85. The lowest BCUT2D eigenvalue weighted by Crippen LogP contribution is -2.06. The lowest BCUT2D eigenvalue weighted by molar-refractivity contribution is 0.0601. The van der Waals surface area contributed by atoms with Crippen molar-refractivity contribution < 1.29 is 13.9 Å². The minimum Gasteiger partial charge on any atom is -0.465 e. The predicted molar refractivity (Wildman–Crippen MR) is 80.4 cm³/mol. The molecule has 0 amide bonds. The van der Waals surface area contributed by atoms with Gasteiger partial charge in [-0.15, -0.1) is 0 Å². The lowest BCUT2D eigenvalue weighted by atomic mass is 10.2. The molecule has 0 spiro atoms. The molecule has 2 aromatic rings. The second-order valence-corrected chi connectivity index (χ2v) is 5.95. The van der Waals surface area contributed by atoms with Crippen molar-refractivity contribution in [1.82, 2.24) is 0 Å². The highest BCUT2D eigenvalue weighted by Gasteiger charge is 2.15. The van der Waals surface area contributed by atoms with Crippen LogP contribution in [0.3, 0.4) is 0 Å². The molecule has 2 aromatic carbocycles. The first-order valence-corrected chi connectivity index (χ1v) is 7.23. The van der Waals surface area contributed by atoms with E-state index in [2.05, 4.69) is 20.7 Å². The summed E-state index contributed by atoms with van der Waals surface area (Å²) >= 11 is 4.56. The summed E-state index contributed by atoms with van der Waals surface area (Å²) in [6.07, 6.45) is 0. The van der Waals surface area contributed by atoms with Crippen LogP contribution in [0.15, 0.2) is 50.7 Å². The fraction of sp³-hybridized carbons (Fsp3) is 0.0714. The maximum Gasteiger partial charge on any atom is 0.339 e. The van der Waals surface area contributed by atoms with Crippen molar-refractivity contribution in [3.8, 4) is 0 Å². The molecule has 2 N–H and O–H groups in total. The van der Waals surface area contributed by atoms with Gasteiger partial charge in [0.15, 0.2) is 0 Å². The summed E-state index contributed by atoms with van der Waals surface area (Å²) in [6.45, 7) is 0. The van der Waals surface area contributed by atoms with Gasteiger partial charge in [0.2, 0.25) is 0 Å². The Morgan fingerprint density at radius 1 is 1.35 bits per heavy atom. The molecule has 3 nitrogen and oxygen atoms in total. The third-order valence-electron chi connectivity index (χ3n) is 2.53. The van der Waals surface area contributed by atoms with Crippen LogP contribution in [-0.2, 0) is 4.74 Å². The van der Waals surface area contributed by atoms with Crippen LogP contribution in [0.1, 0.15) is 10.4 Å². The van der Waals surface area contributed by atoms with E-state index in [-0.39, 0.29) is 11.3 Å². The fourth-order valence-corrected chi connectivity index (χ4v) is 3.06. The van der Waals surface area contributed by atoms with Crippen molar-refractivity contribution in [2.75, 3.05) is 12.8 Å². The average molecular weight is 356 g/mol. The normalized spacial score (nSPS) is 10.3. The Hall–Kier alpha value is -1.53. The average Bonchev–Trinajstić information content (AvgIpc) is 2.41. The van der Waals surface area contributed by atoms with E-state index in [1.54, 1.807) is 0 Å². The number of rotatable bonds is 3. The number of nitrogens with two attached hydrogens (primary N) is 1. The molecule has 6 heteroatoms. The van der Waals surface area contributed by atoms with Gasteiger partial charge in [0.1, 0.15) is 5.82 Å². The standard InChI is InChI=1S/C14H11BrFNO2S/c1-19-14(18)10-6-13(11(16)7-12(10)17)20-9-4-2-3-8(15)5-9/h2-7H,17H2,1H3. The first-order chi connectivity index (χ1) is 9.51. The summed E-state index contributed by atoms with van der Waals surface area (Å²) < 4.78 is 19.4. The van der Waals surface area contributed by atoms with Crippen LogP contribution in [0, 0.1) is 5.82 Å². The van der Waals surface area contributed by atoms with E-state index in [4.69, 9.17) is 5.73 Å². The van der Waals surface area contributed by atoms with Gasteiger partial charge in [-0.1, -0.05) is 33.8 Å². The zero-order valence-corrected chi connectivity index (χ0v) is 12.9. The van der Waals surface area contributed by atoms with Crippen molar-refractivity contribution in [2.24, 2.45) is 0 Å². The molecular formula is C14H11BrFNO2S. The van der Waals surface area contributed by atoms with Crippen LogP contribution in [0.4, 0.5) is 10.1 Å². The minimum absolute atomic E-state index is 0.0629. The number of hydrogen-bond donors (Lipinski definition) is 1. The number of anilines is 1. The van der Waals surface area contributed by atoms with Gasteiger partial charge in [-0.05, 0) is 30.3 Å². The van der Waals surface area contributed by atoms with Gasteiger partial charge < -0.3 is 10.5 Å². The van der Waals surface area contributed by atoms with Gasteiger partial charge in [0.05, 0.1) is 12.7 Å². The molecule has 0 aliphatic heterocycles. The highest BCUT2D eigenvalue weighted by Crippen LogP contribution is 2.33. The Bertz CT molecular complexity index is 664. The quantitative estimate of drug-likeness (QED) is 0.664. The van der Waals surface area contributed by atoms with Crippen LogP contribution < -0.4 is 5.73 Å². The van der Waals surface area contributed by atoms with Gasteiger partial charge in [-0.3, -0.25) is 0 Å². The van der Waals surface area contributed by atoms with Crippen molar-refractivity contribution in [2.45, 2.75) is 9.79 Å². The number of nitrogen functional groups attached to an aromatic ring is 1. The molecule has 0 bridgehead atoms. The molecule has 0 saturated carbocycles. The van der Waals surface area contributed by atoms with E-state index < -0.39 is 11.8 Å². The number of esters is 1. The van der Waals surface area contributed by atoms with E-state index in [0.29, 0.717) is 4.90 Å². The number of carbonyl (C=O) groups excluding carboxylic acids is 1. The summed E-state index contributed by atoms with van der Waals surface area (Å²) in [5.74, 6) is -1.06. The molecule has 0 radical (unpaired) electrons. The van der Waals surface area contributed by atoms with Crippen LogP contribution >= 0.6 is 27.7 Å². The van der Waals surface area contributed by atoms with E-state index in [1.165, 1.54) is 24.9 Å². The SMILES string of the molecule is COC(=O)c1cc(Sc2cccc(Br)c2)c(F)cc1N. The van der Waals surface area contributed by atoms with Gasteiger partial charge in [-0.2, -0.15) is 0 Å². The van der Waals surface area contributed by atoms with Gasteiger partial charge in [0, 0.05) is 20.0 Å². The highest BCUT2D eigenvalue weighted by molar-refractivity contribution is 9.10. The fourth-order valence-electron chi connectivity index (χ4n) is 1.59. The molecular weight excluding hydrogens is 345 g/mol. The highest BCUT2D eigenvalue weighted by atomic mass is 79.9. The Balaban J connectivity index is 2.39. The number of hydrogen-bond acceptors (Lipinski definition) is 4. The molecule has 0 saturated heterocycles. The topological polar surface area (TPSA) is 52.3 Å². The minimum atomic E-state index is -0.585. The maximum atomic E-state index is 13.9. The third-order valence-corrected chi connectivity index (χ3v) is 4.05.